The summed E-state index contributed by atoms with van der Waals surface area (Å²) in [6.07, 6.45) is 0.607. The highest BCUT2D eigenvalue weighted by atomic mass is 16.7. The van der Waals surface area contributed by atoms with Crippen LogP contribution < -0.4 is 0 Å². The van der Waals surface area contributed by atoms with E-state index in [1.807, 2.05) is 0 Å². The minimum absolute atomic E-state index is 0.0325. The molecule has 4 saturated carbocycles. The first-order valence-electron chi connectivity index (χ1n) is 17.0. The Hall–Kier alpha value is -1.56. The first kappa shape index (κ1) is 33.3. The van der Waals surface area contributed by atoms with Crippen LogP contribution in [-0.2, 0) is 19.1 Å². The molecule has 254 valence electrons. The predicted octanol–water partition coefficient (Wildman–Crippen LogP) is 3.73. The van der Waals surface area contributed by atoms with E-state index in [0.29, 0.717) is 32.1 Å². The van der Waals surface area contributed by atoms with E-state index in [9.17, 15) is 40.2 Å². The zero-order valence-electron chi connectivity index (χ0n) is 27.7. The quantitative estimate of drug-likeness (QED) is 0.198. The Balaban J connectivity index is 1.36. The molecule has 10 heteroatoms. The lowest BCUT2D eigenvalue weighted by molar-refractivity contribution is -0.308. The van der Waals surface area contributed by atoms with Gasteiger partial charge in [-0.1, -0.05) is 46.3 Å². The van der Waals surface area contributed by atoms with Crippen LogP contribution in [0.15, 0.2) is 11.6 Å². The molecule has 0 spiro atoms. The van der Waals surface area contributed by atoms with Crippen LogP contribution in [0.4, 0.5) is 0 Å². The van der Waals surface area contributed by atoms with Gasteiger partial charge < -0.3 is 40.1 Å². The summed E-state index contributed by atoms with van der Waals surface area (Å²) < 4.78 is 11.7. The molecule has 1 heterocycles. The summed E-state index contributed by atoms with van der Waals surface area (Å²) in [5.74, 6) is -2.27. The van der Waals surface area contributed by atoms with E-state index in [-0.39, 0.29) is 40.6 Å². The molecule has 5 fully saturated rings. The SMILES string of the molecule is CC1(C)CC[C@]2(C(=O)O)[C@H](O)C[C@]3(C)C(=CCC4[C@@]5(C)CC[C@H](O[C@@H]6OC[C@@H](O)[C@H](O)[C@H]6O)[C@@](C)(C(=O)O)C5CC[C@]43C)[C@@H]2C1. The van der Waals surface area contributed by atoms with E-state index < -0.39 is 65.0 Å². The van der Waals surface area contributed by atoms with Crippen molar-refractivity contribution in [1.82, 2.24) is 0 Å². The molecule has 0 aromatic rings. The summed E-state index contributed by atoms with van der Waals surface area (Å²) in [7, 11) is 0. The number of aliphatic hydroxyl groups is 4. The largest absolute Gasteiger partial charge is 0.481 e. The van der Waals surface area contributed by atoms with Crippen molar-refractivity contribution in [1.29, 1.82) is 0 Å². The van der Waals surface area contributed by atoms with Gasteiger partial charge in [-0.2, -0.15) is 0 Å². The van der Waals surface area contributed by atoms with Gasteiger partial charge in [0.2, 0.25) is 0 Å². The number of aliphatic carboxylic acids is 2. The molecule has 2 unspecified atom stereocenters. The normalized spacial score (nSPS) is 54.0. The standard InChI is InChI=1S/C35H54O10/c1-30(2)13-14-35(29(42)43)19(15-30)18-7-8-21-31(3)11-10-24(45-27-26(39)25(38)20(36)17-44-27)34(6,28(40)41)22(31)9-12-32(21,4)33(18,5)16-23(35)37/h7,19-27,36-39H,8-17H2,1-6H3,(H,40,41)(H,42,43)/t19-,20+,21?,22?,23+,24-,25-,26+,27-,31+,32+,33+,34-,35+/m0/s1. The highest BCUT2D eigenvalue weighted by molar-refractivity contribution is 5.78. The average Bonchev–Trinajstić information content (AvgIpc) is 2.94. The van der Waals surface area contributed by atoms with Crippen LogP contribution >= 0.6 is 0 Å². The Morgan fingerprint density at radius 2 is 1.53 bits per heavy atom. The number of aliphatic hydroxyl groups excluding tert-OH is 4. The van der Waals surface area contributed by atoms with Crippen LogP contribution in [0.2, 0.25) is 0 Å². The van der Waals surface area contributed by atoms with E-state index in [4.69, 9.17) is 9.47 Å². The third kappa shape index (κ3) is 4.34. The number of rotatable bonds is 4. The van der Waals surface area contributed by atoms with Crippen molar-refractivity contribution in [3.8, 4) is 0 Å². The van der Waals surface area contributed by atoms with Gasteiger partial charge in [0.1, 0.15) is 23.7 Å². The van der Waals surface area contributed by atoms with Gasteiger partial charge in [0.05, 0.1) is 24.2 Å². The van der Waals surface area contributed by atoms with Crippen LogP contribution in [0.3, 0.4) is 0 Å². The summed E-state index contributed by atoms with van der Waals surface area (Å²) in [6, 6.07) is 0. The lowest BCUT2D eigenvalue weighted by Gasteiger charge is -2.71. The van der Waals surface area contributed by atoms with E-state index in [1.54, 1.807) is 6.92 Å². The molecular weight excluding hydrogens is 580 g/mol. The van der Waals surface area contributed by atoms with E-state index in [2.05, 4.69) is 40.7 Å². The number of allylic oxidation sites excluding steroid dienone is 2. The second-order valence-corrected chi connectivity index (χ2v) is 17.3. The van der Waals surface area contributed by atoms with E-state index >= 15 is 0 Å². The molecule has 6 aliphatic rings. The zero-order chi connectivity index (χ0) is 33.1. The Bertz CT molecular complexity index is 1260. The van der Waals surface area contributed by atoms with Crippen LogP contribution in [0.5, 0.6) is 0 Å². The molecule has 1 saturated heterocycles. The molecular formula is C35H54O10. The lowest BCUT2D eigenvalue weighted by Crippen LogP contribution is -2.69. The van der Waals surface area contributed by atoms with Crippen molar-refractivity contribution in [2.75, 3.05) is 6.61 Å². The zero-order valence-corrected chi connectivity index (χ0v) is 27.7. The van der Waals surface area contributed by atoms with Crippen LogP contribution in [0.1, 0.15) is 99.3 Å². The maximum atomic E-state index is 13.2. The number of carboxylic acid groups (broad SMARTS) is 2. The van der Waals surface area contributed by atoms with Gasteiger partial charge in [0, 0.05) is 0 Å². The fraction of sp³-hybridized carbons (Fsp3) is 0.886. The number of fused-ring (bicyclic) bond motifs is 7. The Morgan fingerprint density at radius 3 is 2.18 bits per heavy atom. The molecule has 0 amide bonds. The van der Waals surface area contributed by atoms with Crippen molar-refractivity contribution in [3.63, 3.8) is 0 Å². The van der Waals surface area contributed by atoms with Crippen LogP contribution in [-0.4, -0.2) is 86.0 Å². The van der Waals surface area contributed by atoms with Crippen molar-refractivity contribution < 1.29 is 49.7 Å². The van der Waals surface area contributed by atoms with Gasteiger partial charge in [-0.3, -0.25) is 9.59 Å². The van der Waals surface area contributed by atoms with Crippen LogP contribution in [0, 0.1) is 50.2 Å². The third-order valence-electron chi connectivity index (χ3n) is 14.9. The van der Waals surface area contributed by atoms with Crippen molar-refractivity contribution >= 4 is 11.9 Å². The van der Waals surface area contributed by atoms with E-state index in [1.165, 1.54) is 5.57 Å². The Labute approximate surface area is 266 Å². The minimum atomic E-state index is -1.50. The van der Waals surface area contributed by atoms with Crippen molar-refractivity contribution in [2.45, 2.75) is 136 Å². The first-order chi connectivity index (χ1) is 20.8. The second kappa shape index (κ2) is 10.5. The molecule has 0 aromatic carbocycles. The molecule has 14 atom stereocenters. The van der Waals surface area contributed by atoms with Crippen molar-refractivity contribution in [3.05, 3.63) is 11.6 Å². The fourth-order valence-electron chi connectivity index (χ4n) is 12.0. The smallest absolute Gasteiger partial charge is 0.312 e. The molecule has 10 nitrogen and oxygen atoms in total. The predicted molar refractivity (Wildman–Crippen MR) is 163 cm³/mol. The van der Waals surface area contributed by atoms with Gasteiger partial charge in [0.25, 0.3) is 0 Å². The number of hydrogen-bond acceptors (Lipinski definition) is 8. The molecule has 6 N–H and O–H groups in total. The highest BCUT2D eigenvalue weighted by Crippen LogP contribution is 2.76. The molecule has 5 aliphatic carbocycles. The molecule has 0 aromatic heterocycles. The number of carboxylic acids is 2. The maximum absolute atomic E-state index is 13.2. The highest BCUT2D eigenvalue weighted by Gasteiger charge is 2.72. The molecule has 0 radical (unpaired) electrons. The first-order valence-corrected chi connectivity index (χ1v) is 17.0. The van der Waals surface area contributed by atoms with Gasteiger partial charge in [-0.15, -0.1) is 0 Å². The van der Waals surface area contributed by atoms with Crippen molar-refractivity contribution in [2.24, 2.45) is 50.2 Å². The summed E-state index contributed by atoms with van der Waals surface area (Å²) in [6.45, 7) is 12.7. The van der Waals surface area contributed by atoms with Gasteiger partial charge in [-0.05, 0) is 104 Å². The molecule has 6 rings (SSSR count). The summed E-state index contributed by atoms with van der Waals surface area (Å²) in [4.78, 5) is 26.2. The maximum Gasteiger partial charge on any atom is 0.312 e. The summed E-state index contributed by atoms with van der Waals surface area (Å²) >= 11 is 0. The van der Waals surface area contributed by atoms with Gasteiger partial charge in [0.15, 0.2) is 6.29 Å². The summed E-state index contributed by atoms with van der Waals surface area (Å²) in [5, 5.41) is 64.0. The number of carbonyl (C=O) groups is 2. The molecule has 1 aliphatic heterocycles. The third-order valence-corrected chi connectivity index (χ3v) is 14.9. The Kier molecular flexibility index (Phi) is 7.76. The Morgan fingerprint density at radius 1 is 0.844 bits per heavy atom. The van der Waals surface area contributed by atoms with Gasteiger partial charge >= 0.3 is 11.9 Å². The van der Waals surface area contributed by atoms with E-state index in [0.717, 1.165) is 25.7 Å². The monoisotopic (exact) mass is 634 g/mol. The topological polar surface area (TPSA) is 174 Å². The van der Waals surface area contributed by atoms with Gasteiger partial charge in [-0.25, -0.2) is 0 Å². The lowest BCUT2D eigenvalue weighted by atomic mass is 9.33. The summed E-state index contributed by atoms with van der Waals surface area (Å²) in [5.41, 5.74) is -2.44. The second-order valence-electron chi connectivity index (χ2n) is 17.3. The fourth-order valence-corrected chi connectivity index (χ4v) is 12.0. The average molecular weight is 635 g/mol. The number of ether oxygens (including phenoxy) is 2. The molecule has 0 bridgehead atoms. The van der Waals surface area contributed by atoms with Crippen LogP contribution in [0.25, 0.3) is 0 Å². The molecule has 45 heavy (non-hydrogen) atoms. The minimum Gasteiger partial charge on any atom is -0.481 e. The number of hydrogen-bond donors (Lipinski definition) is 6.